The van der Waals surface area contributed by atoms with Gasteiger partial charge >= 0.3 is 0 Å². The molecule has 2 aromatic rings. The third-order valence-electron chi connectivity index (χ3n) is 3.61. The van der Waals surface area contributed by atoms with Crippen LogP contribution in [0.25, 0.3) is 0 Å². The van der Waals surface area contributed by atoms with Gasteiger partial charge in [-0.25, -0.2) is 0 Å². The molecule has 5 heteroatoms. The monoisotopic (exact) mass is 305 g/mol. The number of ether oxygens (including phenoxy) is 1. The lowest BCUT2D eigenvalue weighted by atomic mass is 10.0. The highest BCUT2D eigenvalue weighted by Crippen LogP contribution is 2.28. The third-order valence-corrected chi connectivity index (χ3v) is 3.93. The molecule has 2 heterocycles. The number of nitrogens with zero attached hydrogens (tertiary/aromatic N) is 2. The van der Waals surface area contributed by atoms with Crippen LogP contribution in [0.15, 0.2) is 24.5 Å². The van der Waals surface area contributed by atoms with Crippen molar-refractivity contribution in [3.63, 3.8) is 0 Å². The van der Waals surface area contributed by atoms with E-state index in [-0.39, 0.29) is 6.04 Å². The van der Waals surface area contributed by atoms with Gasteiger partial charge < -0.3 is 10.1 Å². The largest absolute Gasteiger partial charge is 0.496 e. The van der Waals surface area contributed by atoms with E-state index in [9.17, 15) is 0 Å². The smallest absolute Gasteiger partial charge is 0.128 e. The molecule has 21 heavy (non-hydrogen) atoms. The number of aromatic nitrogens is 2. The Balaban J connectivity index is 2.34. The van der Waals surface area contributed by atoms with Gasteiger partial charge in [-0.2, -0.15) is 0 Å². The van der Waals surface area contributed by atoms with E-state index >= 15 is 0 Å². The van der Waals surface area contributed by atoms with Gasteiger partial charge in [0.1, 0.15) is 5.75 Å². The van der Waals surface area contributed by atoms with Crippen molar-refractivity contribution in [2.24, 2.45) is 0 Å². The molecule has 1 unspecified atom stereocenters. The number of nitrogens with one attached hydrogen (secondary N) is 1. The number of halogens is 1. The number of methoxy groups -OCH3 is 1. The van der Waals surface area contributed by atoms with Crippen molar-refractivity contribution in [1.29, 1.82) is 0 Å². The zero-order chi connectivity index (χ0) is 15.4. The van der Waals surface area contributed by atoms with Gasteiger partial charge in [-0.1, -0.05) is 11.6 Å². The first-order chi connectivity index (χ1) is 10.1. The Bertz CT molecular complexity index is 631. The minimum Gasteiger partial charge on any atom is -0.496 e. The van der Waals surface area contributed by atoms with E-state index in [0.717, 1.165) is 28.3 Å². The first-order valence-corrected chi connectivity index (χ1v) is 7.23. The van der Waals surface area contributed by atoms with Crippen molar-refractivity contribution < 1.29 is 4.74 Å². The minimum atomic E-state index is 0.0114. The lowest BCUT2D eigenvalue weighted by Crippen LogP contribution is -2.21. The summed E-state index contributed by atoms with van der Waals surface area (Å²) >= 11 is 6.24. The molecule has 0 aromatic carbocycles. The Labute approximate surface area is 130 Å². The Morgan fingerprint density at radius 2 is 2.10 bits per heavy atom. The number of rotatable bonds is 5. The lowest BCUT2D eigenvalue weighted by molar-refractivity contribution is 0.406. The molecule has 0 aliphatic carbocycles. The molecule has 0 saturated carbocycles. The normalized spacial score (nSPS) is 12.2. The maximum Gasteiger partial charge on any atom is 0.128 e. The van der Waals surface area contributed by atoms with Crippen LogP contribution in [0.5, 0.6) is 5.75 Å². The Morgan fingerprint density at radius 3 is 2.71 bits per heavy atom. The number of pyridine rings is 2. The van der Waals surface area contributed by atoms with E-state index in [2.05, 4.69) is 15.3 Å². The quantitative estimate of drug-likeness (QED) is 0.921. The van der Waals surface area contributed by atoms with Gasteiger partial charge in [0.25, 0.3) is 0 Å². The number of likely N-dealkylation sites (N-methyl/N-ethyl adjacent to an activating group) is 1. The fourth-order valence-electron chi connectivity index (χ4n) is 2.46. The first kappa shape index (κ1) is 15.7. The fourth-order valence-corrected chi connectivity index (χ4v) is 2.71. The van der Waals surface area contributed by atoms with Crippen LogP contribution in [0, 0.1) is 13.8 Å². The van der Waals surface area contributed by atoms with Gasteiger partial charge in [0.15, 0.2) is 0 Å². The van der Waals surface area contributed by atoms with E-state index in [0.29, 0.717) is 11.4 Å². The third kappa shape index (κ3) is 3.34. The van der Waals surface area contributed by atoms with Crippen LogP contribution < -0.4 is 10.1 Å². The van der Waals surface area contributed by atoms with Crippen LogP contribution in [0.3, 0.4) is 0 Å². The summed E-state index contributed by atoms with van der Waals surface area (Å²) in [4.78, 5) is 8.92. The predicted molar refractivity (Wildman–Crippen MR) is 85.0 cm³/mol. The zero-order valence-corrected chi connectivity index (χ0v) is 13.5. The van der Waals surface area contributed by atoms with Crippen molar-refractivity contribution in [3.8, 4) is 5.75 Å². The van der Waals surface area contributed by atoms with E-state index in [4.69, 9.17) is 16.3 Å². The van der Waals surface area contributed by atoms with Gasteiger partial charge in [0, 0.05) is 35.6 Å². The highest BCUT2D eigenvalue weighted by atomic mass is 35.5. The molecule has 1 atom stereocenters. The molecule has 0 bridgehead atoms. The molecular formula is C16H20ClN3O. The summed E-state index contributed by atoms with van der Waals surface area (Å²) in [5.41, 5.74) is 3.92. The summed E-state index contributed by atoms with van der Waals surface area (Å²) in [6.07, 6.45) is 4.30. The minimum absolute atomic E-state index is 0.0114. The van der Waals surface area contributed by atoms with Crippen molar-refractivity contribution in [2.75, 3.05) is 14.2 Å². The SMILES string of the molecule is CNC(Cc1ncc(C)c(OC)c1C)c1ncccc1Cl. The van der Waals surface area contributed by atoms with Crippen molar-refractivity contribution in [1.82, 2.24) is 15.3 Å². The van der Waals surface area contributed by atoms with Gasteiger partial charge in [-0.15, -0.1) is 0 Å². The molecule has 0 aliphatic heterocycles. The van der Waals surface area contributed by atoms with E-state index in [1.54, 1.807) is 13.3 Å². The maximum atomic E-state index is 6.24. The molecule has 2 rings (SSSR count). The molecule has 0 amide bonds. The number of hydrogen-bond donors (Lipinski definition) is 1. The molecule has 0 spiro atoms. The summed E-state index contributed by atoms with van der Waals surface area (Å²) in [6, 6.07) is 3.69. The molecule has 0 radical (unpaired) electrons. The predicted octanol–water partition coefficient (Wildman–Crippen LogP) is 3.26. The molecule has 0 fully saturated rings. The fraction of sp³-hybridized carbons (Fsp3) is 0.375. The number of aryl methyl sites for hydroxylation is 1. The first-order valence-electron chi connectivity index (χ1n) is 6.85. The molecule has 4 nitrogen and oxygen atoms in total. The van der Waals surface area contributed by atoms with Gasteiger partial charge in [0.2, 0.25) is 0 Å². The van der Waals surface area contributed by atoms with Crippen LogP contribution >= 0.6 is 11.6 Å². The van der Waals surface area contributed by atoms with Gasteiger partial charge in [-0.05, 0) is 33.0 Å². The molecule has 0 aliphatic rings. The second-order valence-corrected chi connectivity index (χ2v) is 5.37. The van der Waals surface area contributed by atoms with E-state index in [1.165, 1.54) is 0 Å². The maximum absolute atomic E-state index is 6.24. The highest BCUT2D eigenvalue weighted by Gasteiger charge is 2.18. The summed E-state index contributed by atoms with van der Waals surface area (Å²) in [7, 11) is 3.58. The molecule has 1 N–H and O–H groups in total. The van der Waals surface area contributed by atoms with Crippen LogP contribution in [-0.2, 0) is 6.42 Å². The lowest BCUT2D eigenvalue weighted by Gasteiger charge is -2.19. The average Bonchev–Trinajstić information content (AvgIpc) is 2.48. The standard InChI is InChI=1S/C16H20ClN3O/c1-10-9-20-13(11(2)16(10)21-4)8-14(18-3)15-12(17)6-5-7-19-15/h5-7,9,14,18H,8H2,1-4H3. The van der Waals surface area contributed by atoms with Gasteiger partial charge in [-0.3, -0.25) is 9.97 Å². The second kappa shape index (κ2) is 6.87. The van der Waals surface area contributed by atoms with Crippen molar-refractivity contribution >= 4 is 11.6 Å². The molecule has 2 aromatic heterocycles. The van der Waals surface area contributed by atoms with Gasteiger partial charge in [0.05, 0.1) is 23.9 Å². The van der Waals surface area contributed by atoms with Crippen LogP contribution in [0.4, 0.5) is 0 Å². The molecular weight excluding hydrogens is 286 g/mol. The summed E-state index contributed by atoms with van der Waals surface area (Å²) in [5, 5.41) is 3.92. The average molecular weight is 306 g/mol. The van der Waals surface area contributed by atoms with E-state index in [1.807, 2.05) is 39.2 Å². The molecule has 112 valence electrons. The van der Waals surface area contributed by atoms with Crippen molar-refractivity contribution in [3.05, 3.63) is 52.1 Å². The Kier molecular flexibility index (Phi) is 5.15. The zero-order valence-electron chi connectivity index (χ0n) is 12.8. The Hall–Kier alpha value is -1.65. The topological polar surface area (TPSA) is 47.0 Å². The Morgan fingerprint density at radius 1 is 1.33 bits per heavy atom. The summed E-state index contributed by atoms with van der Waals surface area (Å²) < 4.78 is 5.46. The van der Waals surface area contributed by atoms with E-state index < -0.39 is 0 Å². The summed E-state index contributed by atoms with van der Waals surface area (Å²) in [6.45, 7) is 4.02. The summed E-state index contributed by atoms with van der Waals surface area (Å²) in [5.74, 6) is 0.891. The second-order valence-electron chi connectivity index (χ2n) is 4.96. The van der Waals surface area contributed by atoms with Crippen LogP contribution in [0.1, 0.15) is 28.6 Å². The molecule has 0 saturated heterocycles. The van der Waals surface area contributed by atoms with Crippen LogP contribution in [0.2, 0.25) is 5.02 Å². The number of hydrogen-bond acceptors (Lipinski definition) is 4. The van der Waals surface area contributed by atoms with Crippen LogP contribution in [-0.4, -0.2) is 24.1 Å². The van der Waals surface area contributed by atoms with Crippen molar-refractivity contribution in [2.45, 2.75) is 26.3 Å². The highest BCUT2D eigenvalue weighted by molar-refractivity contribution is 6.31.